The fraction of sp³-hybridized carbons (Fsp3) is 0.350. The van der Waals surface area contributed by atoms with Gasteiger partial charge >= 0.3 is 0 Å². The van der Waals surface area contributed by atoms with Crippen molar-refractivity contribution in [2.45, 2.75) is 40.7 Å². The summed E-state index contributed by atoms with van der Waals surface area (Å²) in [6.07, 6.45) is 0. The van der Waals surface area contributed by atoms with E-state index in [2.05, 4.69) is 41.3 Å². The number of hydrogen-bond acceptors (Lipinski definition) is 6. The molecular formula is C20H24N4O3. The van der Waals surface area contributed by atoms with Crippen molar-refractivity contribution in [2.75, 3.05) is 16.8 Å². The van der Waals surface area contributed by atoms with Crippen LogP contribution in [0.25, 0.3) is 11.5 Å². The second kappa shape index (κ2) is 7.65. The molecule has 0 unspecified atom stereocenters. The predicted molar refractivity (Wildman–Crippen MR) is 104 cm³/mol. The highest BCUT2D eigenvalue weighted by Gasteiger charge is 2.24. The van der Waals surface area contributed by atoms with Gasteiger partial charge in [0, 0.05) is 30.0 Å². The highest BCUT2D eigenvalue weighted by atomic mass is 16.5. The average molecular weight is 368 g/mol. The number of amides is 1. The van der Waals surface area contributed by atoms with Crippen molar-refractivity contribution in [2.24, 2.45) is 0 Å². The maximum Gasteiger partial charge on any atom is 0.261 e. The van der Waals surface area contributed by atoms with E-state index in [1.165, 1.54) is 0 Å². The Hall–Kier alpha value is -3.09. The summed E-state index contributed by atoms with van der Waals surface area (Å²) in [4.78, 5) is 15.1. The van der Waals surface area contributed by atoms with Crippen LogP contribution in [-0.2, 0) is 0 Å². The fourth-order valence-electron chi connectivity index (χ4n) is 3.06. The molecule has 1 amide bonds. The first-order valence-corrected chi connectivity index (χ1v) is 8.98. The van der Waals surface area contributed by atoms with Gasteiger partial charge in [-0.25, -0.2) is 0 Å². The van der Waals surface area contributed by atoms with Crippen LogP contribution >= 0.6 is 0 Å². The Labute approximate surface area is 158 Å². The summed E-state index contributed by atoms with van der Waals surface area (Å²) in [5, 5.41) is 10.7. The molecule has 0 saturated heterocycles. The minimum atomic E-state index is -0.298. The van der Waals surface area contributed by atoms with Crippen LogP contribution < -0.4 is 10.2 Å². The van der Waals surface area contributed by atoms with Gasteiger partial charge in [0.1, 0.15) is 11.3 Å². The first kappa shape index (κ1) is 18.7. The van der Waals surface area contributed by atoms with Crippen LogP contribution in [0.2, 0.25) is 0 Å². The molecule has 7 heteroatoms. The smallest absolute Gasteiger partial charge is 0.261 e. The van der Waals surface area contributed by atoms with Crippen molar-refractivity contribution in [3.8, 4) is 11.5 Å². The second-order valence-corrected chi connectivity index (χ2v) is 6.68. The number of aromatic nitrogens is 2. The van der Waals surface area contributed by atoms with Gasteiger partial charge in [0.15, 0.2) is 5.69 Å². The zero-order valence-corrected chi connectivity index (χ0v) is 16.2. The third-order valence-corrected chi connectivity index (χ3v) is 4.37. The molecule has 27 heavy (non-hydrogen) atoms. The van der Waals surface area contributed by atoms with Crippen LogP contribution in [0.15, 0.2) is 39.4 Å². The summed E-state index contributed by atoms with van der Waals surface area (Å²) in [6, 6.07) is 9.89. The van der Waals surface area contributed by atoms with Gasteiger partial charge in [0.25, 0.3) is 5.91 Å². The molecule has 3 rings (SSSR count). The molecule has 2 aromatic heterocycles. The molecule has 0 radical (unpaired) electrons. The molecule has 0 fully saturated rings. The molecule has 1 N–H and O–H groups in total. The van der Waals surface area contributed by atoms with Crippen molar-refractivity contribution in [3.63, 3.8) is 0 Å². The number of aryl methyl sites for hydroxylation is 2. The van der Waals surface area contributed by atoms with E-state index >= 15 is 0 Å². The van der Waals surface area contributed by atoms with Crippen LogP contribution in [0.4, 0.5) is 11.4 Å². The van der Waals surface area contributed by atoms with E-state index < -0.39 is 0 Å². The minimum Gasteiger partial charge on any atom is -0.369 e. The third kappa shape index (κ3) is 3.86. The first-order valence-electron chi connectivity index (χ1n) is 8.98. The van der Waals surface area contributed by atoms with Gasteiger partial charge in [-0.05, 0) is 58.9 Å². The zero-order chi connectivity index (χ0) is 19.6. The van der Waals surface area contributed by atoms with Crippen LogP contribution in [0.1, 0.15) is 42.6 Å². The summed E-state index contributed by atoms with van der Waals surface area (Å²) in [7, 11) is 0. The van der Waals surface area contributed by atoms with E-state index in [4.69, 9.17) is 9.05 Å². The molecule has 142 valence electrons. The van der Waals surface area contributed by atoms with E-state index in [9.17, 15) is 4.79 Å². The molecule has 0 spiro atoms. The lowest BCUT2D eigenvalue weighted by molar-refractivity contribution is 0.102. The topological polar surface area (TPSA) is 84.4 Å². The summed E-state index contributed by atoms with van der Waals surface area (Å²) in [6.45, 7) is 10.8. The van der Waals surface area contributed by atoms with E-state index in [1.807, 2.05) is 24.3 Å². The van der Waals surface area contributed by atoms with Crippen molar-refractivity contribution in [3.05, 3.63) is 47.3 Å². The molecule has 0 aliphatic carbocycles. The van der Waals surface area contributed by atoms with Crippen molar-refractivity contribution >= 4 is 17.3 Å². The SMILES string of the molecule is CCN(c1ccc(NC(=O)c2c(C)noc2-c2cc(C)on2)cc1)C(C)C. The lowest BCUT2D eigenvalue weighted by atomic mass is 10.1. The number of nitrogens with zero attached hydrogens (tertiary/aromatic N) is 3. The van der Waals surface area contributed by atoms with E-state index in [-0.39, 0.29) is 5.91 Å². The molecule has 0 aliphatic heterocycles. The second-order valence-electron chi connectivity index (χ2n) is 6.68. The third-order valence-electron chi connectivity index (χ3n) is 4.37. The average Bonchev–Trinajstić information content (AvgIpc) is 3.22. The van der Waals surface area contributed by atoms with Crippen molar-refractivity contribution in [1.29, 1.82) is 0 Å². The normalized spacial score (nSPS) is 11.0. The predicted octanol–water partition coefficient (Wildman–Crippen LogP) is 4.43. The Morgan fingerprint density at radius 2 is 1.85 bits per heavy atom. The van der Waals surface area contributed by atoms with Crippen molar-refractivity contribution < 1.29 is 13.8 Å². The van der Waals surface area contributed by atoms with Crippen LogP contribution in [-0.4, -0.2) is 28.8 Å². The van der Waals surface area contributed by atoms with E-state index in [1.54, 1.807) is 19.9 Å². The molecular weight excluding hydrogens is 344 g/mol. The summed E-state index contributed by atoms with van der Waals surface area (Å²) in [5.74, 6) is 0.635. The first-order chi connectivity index (χ1) is 12.9. The van der Waals surface area contributed by atoms with Gasteiger partial charge in [0.05, 0.1) is 5.69 Å². The number of hydrogen-bond donors (Lipinski definition) is 1. The highest BCUT2D eigenvalue weighted by molar-refractivity contribution is 6.08. The van der Waals surface area contributed by atoms with Gasteiger partial charge in [-0.2, -0.15) is 0 Å². The molecule has 0 bridgehead atoms. The Balaban J connectivity index is 1.81. The van der Waals surface area contributed by atoms with E-state index in [0.29, 0.717) is 40.2 Å². The Bertz CT molecular complexity index is 925. The summed E-state index contributed by atoms with van der Waals surface area (Å²) >= 11 is 0. The van der Waals surface area contributed by atoms with Crippen molar-refractivity contribution in [1.82, 2.24) is 10.3 Å². The number of benzene rings is 1. The quantitative estimate of drug-likeness (QED) is 0.693. The highest BCUT2D eigenvalue weighted by Crippen LogP contribution is 2.27. The maximum atomic E-state index is 12.8. The van der Waals surface area contributed by atoms with Crippen LogP contribution in [0, 0.1) is 13.8 Å². The number of carbonyl (C=O) groups is 1. The zero-order valence-electron chi connectivity index (χ0n) is 16.2. The Morgan fingerprint density at radius 3 is 2.41 bits per heavy atom. The van der Waals surface area contributed by atoms with Gasteiger partial charge in [-0.3, -0.25) is 4.79 Å². The maximum absolute atomic E-state index is 12.8. The molecule has 3 aromatic rings. The number of nitrogens with one attached hydrogen (secondary N) is 1. The van der Waals surface area contributed by atoms with Gasteiger partial charge in [-0.1, -0.05) is 10.3 Å². The van der Waals surface area contributed by atoms with Gasteiger partial charge < -0.3 is 19.3 Å². The fourth-order valence-corrected chi connectivity index (χ4v) is 3.06. The van der Waals surface area contributed by atoms with Gasteiger partial charge in [0.2, 0.25) is 5.76 Å². The monoisotopic (exact) mass is 368 g/mol. The standard InChI is InChI=1S/C20H24N4O3/c1-6-24(12(2)3)16-9-7-15(8-10-16)21-20(25)18-14(5)22-27-19(18)17-11-13(4)26-23-17/h7-12H,6H2,1-5H3,(H,21,25). The van der Waals surface area contributed by atoms with Gasteiger partial charge in [-0.15, -0.1) is 0 Å². The Kier molecular flexibility index (Phi) is 5.30. The lowest BCUT2D eigenvalue weighted by Crippen LogP contribution is -2.30. The Morgan fingerprint density at radius 1 is 1.15 bits per heavy atom. The van der Waals surface area contributed by atoms with Crippen LogP contribution in [0.5, 0.6) is 0 Å². The lowest BCUT2D eigenvalue weighted by Gasteiger charge is -2.27. The molecule has 7 nitrogen and oxygen atoms in total. The molecule has 1 aromatic carbocycles. The summed E-state index contributed by atoms with van der Waals surface area (Å²) in [5.41, 5.74) is 3.11. The molecule has 2 heterocycles. The number of carbonyl (C=O) groups excluding carboxylic acids is 1. The molecule has 0 saturated carbocycles. The number of rotatable bonds is 6. The largest absolute Gasteiger partial charge is 0.369 e. The van der Waals surface area contributed by atoms with E-state index in [0.717, 1.165) is 12.2 Å². The molecule has 0 atom stereocenters. The summed E-state index contributed by atoms with van der Waals surface area (Å²) < 4.78 is 10.4. The number of anilines is 2. The minimum absolute atomic E-state index is 0.298. The molecule has 0 aliphatic rings. The van der Waals surface area contributed by atoms with Crippen LogP contribution in [0.3, 0.4) is 0 Å².